The van der Waals surface area contributed by atoms with Crippen LogP contribution in [0.5, 0.6) is 5.75 Å². The maximum absolute atomic E-state index is 12.8. The molecule has 0 unspecified atom stereocenters. The van der Waals surface area contributed by atoms with E-state index >= 15 is 0 Å². The number of aromatic nitrogens is 2. The first-order valence-corrected chi connectivity index (χ1v) is 17.6. The van der Waals surface area contributed by atoms with Crippen LogP contribution in [0.25, 0.3) is 0 Å². The molecule has 220 valence electrons. The van der Waals surface area contributed by atoms with E-state index in [0.29, 0.717) is 70.6 Å². The summed E-state index contributed by atoms with van der Waals surface area (Å²) in [5.41, 5.74) is 1.98. The van der Waals surface area contributed by atoms with Gasteiger partial charge in [-0.15, -0.1) is 0 Å². The second kappa shape index (κ2) is 12.8. The van der Waals surface area contributed by atoms with Crippen LogP contribution in [-0.4, -0.2) is 81.5 Å². The standard InChI is InChI=1S/C27H34ClN6O5PS/c1-18(17-34-11-13-41(37,38)14-12-34)26(35)30-19-9-10-23(39-2)22(15-19)32-27-29-16-20(28)25(33-27)31-21-7-5-6-8-24(21)40(3,4)36/h5-10,15-16,37-38H,1,11-14,17H2,2-4H3,(H,30,35)(H2,29,31,32,33). The zero-order chi connectivity index (χ0) is 29.8. The van der Waals surface area contributed by atoms with Crippen LogP contribution in [0.1, 0.15) is 0 Å². The Labute approximate surface area is 246 Å². The molecule has 1 saturated heterocycles. The van der Waals surface area contributed by atoms with Gasteiger partial charge in [0.15, 0.2) is 5.82 Å². The number of carbonyl (C=O) groups is 1. The number of halogens is 1. The molecular formula is C27H34ClN6O5PS. The van der Waals surface area contributed by atoms with Crippen molar-refractivity contribution < 1.29 is 23.2 Å². The van der Waals surface area contributed by atoms with Gasteiger partial charge in [-0.2, -0.15) is 15.6 Å². The van der Waals surface area contributed by atoms with Crippen molar-refractivity contribution in [3.63, 3.8) is 0 Å². The summed E-state index contributed by atoms with van der Waals surface area (Å²) in [5, 5.41) is 10.1. The van der Waals surface area contributed by atoms with Gasteiger partial charge >= 0.3 is 0 Å². The molecule has 2 heterocycles. The number of anilines is 5. The lowest BCUT2D eigenvalue weighted by Crippen LogP contribution is -2.40. The van der Waals surface area contributed by atoms with Gasteiger partial charge in [0.1, 0.15) is 17.9 Å². The highest BCUT2D eigenvalue weighted by molar-refractivity contribution is 8.24. The van der Waals surface area contributed by atoms with Crippen LogP contribution in [-0.2, 0) is 9.36 Å². The molecular weight excluding hydrogens is 587 g/mol. The molecule has 1 fully saturated rings. The van der Waals surface area contributed by atoms with Crippen molar-refractivity contribution in [3.05, 3.63) is 65.8 Å². The summed E-state index contributed by atoms with van der Waals surface area (Å²) >= 11 is 6.38. The van der Waals surface area contributed by atoms with Crippen LogP contribution in [0, 0.1) is 0 Å². The van der Waals surface area contributed by atoms with Crippen molar-refractivity contribution in [2.24, 2.45) is 0 Å². The van der Waals surface area contributed by atoms with Gasteiger partial charge < -0.3 is 25.3 Å². The Morgan fingerprint density at radius 3 is 2.54 bits per heavy atom. The fourth-order valence-corrected chi connectivity index (χ4v) is 6.78. The second-order valence-electron chi connectivity index (χ2n) is 9.97. The van der Waals surface area contributed by atoms with Crippen molar-refractivity contribution >= 4 is 69.4 Å². The molecule has 3 aromatic rings. The van der Waals surface area contributed by atoms with Crippen LogP contribution in [0.3, 0.4) is 0 Å². The van der Waals surface area contributed by atoms with Crippen molar-refractivity contribution in [1.29, 1.82) is 0 Å². The molecule has 4 rings (SSSR count). The van der Waals surface area contributed by atoms with E-state index in [1.54, 1.807) is 37.6 Å². The number of hydrogen-bond acceptors (Lipinski definition) is 10. The Bertz CT molecular complexity index is 1490. The van der Waals surface area contributed by atoms with E-state index in [-0.39, 0.29) is 16.9 Å². The van der Waals surface area contributed by atoms with Gasteiger partial charge in [0.25, 0.3) is 5.91 Å². The molecule has 0 atom stereocenters. The SMILES string of the molecule is C=C(CN1CCS(O)(O)CC1)C(=O)Nc1ccc(OC)c(Nc2ncc(Cl)c(Nc3ccccc3P(C)(C)=O)n2)c1. The molecule has 2 aromatic carbocycles. The second-order valence-corrected chi connectivity index (χ2v) is 16.0. The Morgan fingerprint density at radius 1 is 1.15 bits per heavy atom. The van der Waals surface area contributed by atoms with Gasteiger partial charge in [-0.05, 0) is 43.7 Å². The Morgan fingerprint density at radius 2 is 1.85 bits per heavy atom. The topological polar surface area (TPSA) is 149 Å². The Hall–Kier alpha value is -3.12. The highest BCUT2D eigenvalue weighted by Crippen LogP contribution is 2.40. The fraction of sp³-hybridized carbons (Fsp3) is 0.296. The molecule has 0 spiro atoms. The monoisotopic (exact) mass is 620 g/mol. The van der Waals surface area contributed by atoms with Crippen LogP contribution in [0.4, 0.5) is 28.8 Å². The summed E-state index contributed by atoms with van der Waals surface area (Å²) in [7, 11) is -3.56. The maximum atomic E-state index is 12.8. The molecule has 0 radical (unpaired) electrons. The molecule has 1 aromatic heterocycles. The third-order valence-corrected chi connectivity index (χ3v) is 9.89. The highest BCUT2D eigenvalue weighted by Gasteiger charge is 2.24. The van der Waals surface area contributed by atoms with Gasteiger partial charge in [-0.1, -0.05) is 30.3 Å². The Balaban J connectivity index is 1.48. The van der Waals surface area contributed by atoms with E-state index in [1.807, 2.05) is 23.1 Å². The largest absolute Gasteiger partial charge is 0.495 e. The molecule has 11 nitrogen and oxygen atoms in total. The number of nitrogens with zero attached hydrogens (tertiary/aromatic N) is 3. The third-order valence-electron chi connectivity index (χ3n) is 6.39. The minimum absolute atomic E-state index is 0.216. The van der Waals surface area contributed by atoms with Gasteiger partial charge in [0.2, 0.25) is 5.95 Å². The molecule has 14 heteroatoms. The average molecular weight is 621 g/mol. The quantitative estimate of drug-likeness (QED) is 0.147. The van der Waals surface area contributed by atoms with Crippen LogP contribution in [0.2, 0.25) is 5.02 Å². The summed E-state index contributed by atoms with van der Waals surface area (Å²) in [6.45, 7) is 8.61. The summed E-state index contributed by atoms with van der Waals surface area (Å²) in [6.07, 6.45) is 1.45. The zero-order valence-corrected chi connectivity index (χ0v) is 25.5. The number of nitrogens with one attached hydrogen (secondary N) is 3. The number of para-hydroxylation sites is 1. The average Bonchev–Trinajstić information content (AvgIpc) is 2.91. The summed E-state index contributed by atoms with van der Waals surface area (Å²) in [4.78, 5) is 23.6. The zero-order valence-electron chi connectivity index (χ0n) is 23.1. The Kier molecular flexibility index (Phi) is 9.63. The number of carbonyl (C=O) groups excluding carboxylic acids is 1. The predicted molar refractivity (Wildman–Crippen MR) is 169 cm³/mol. The number of benzene rings is 2. The van der Waals surface area contributed by atoms with E-state index in [0.717, 1.165) is 0 Å². The number of methoxy groups -OCH3 is 1. The molecule has 1 aliphatic rings. The first-order valence-electron chi connectivity index (χ1n) is 12.7. The number of amides is 1. The van der Waals surface area contributed by atoms with Gasteiger partial charge in [0.05, 0.1) is 36.2 Å². The smallest absolute Gasteiger partial charge is 0.252 e. The van der Waals surface area contributed by atoms with Gasteiger partial charge in [0, 0.05) is 36.2 Å². The molecule has 41 heavy (non-hydrogen) atoms. The molecule has 0 bridgehead atoms. The van der Waals surface area contributed by atoms with Crippen molar-refractivity contribution in [2.75, 3.05) is 67.5 Å². The van der Waals surface area contributed by atoms with Crippen LogP contribution >= 0.6 is 29.3 Å². The van der Waals surface area contributed by atoms with Crippen molar-refractivity contribution in [3.8, 4) is 5.75 Å². The molecule has 5 N–H and O–H groups in total. The fourth-order valence-electron chi connectivity index (χ4n) is 4.18. The number of hydrogen-bond donors (Lipinski definition) is 5. The number of rotatable bonds is 10. The third kappa shape index (κ3) is 8.22. The predicted octanol–water partition coefficient (Wildman–Crippen LogP) is 5.43. The summed E-state index contributed by atoms with van der Waals surface area (Å²) in [5.74, 6) is 1.27. The summed E-state index contributed by atoms with van der Waals surface area (Å²) in [6, 6.07) is 12.4. The first kappa shape index (κ1) is 30.8. The number of ether oxygens (including phenoxy) is 1. The van der Waals surface area contributed by atoms with Gasteiger partial charge in [-0.3, -0.25) is 18.8 Å². The van der Waals surface area contributed by atoms with E-state index < -0.39 is 17.7 Å². The van der Waals surface area contributed by atoms with Crippen molar-refractivity contribution in [1.82, 2.24) is 14.9 Å². The summed E-state index contributed by atoms with van der Waals surface area (Å²) < 4.78 is 37.9. The first-order chi connectivity index (χ1) is 19.3. The maximum Gasteiger partial charge on any atom is 0.252 e. The van der Waals surface area contributed by atoms with Crippen LogP contribution < -0.4 is 26.0 Å². The van der Waals surface area contributed by atoms with E-state index in [4.69, 9.17) is 16.3 Å². The highest BCUT2D eigenvalue weighted by atomic mass is 35.5. The molecule has 0 saturated carbocycles. The lowest BCUT2D eigenvalue weighted by atomic mass is 10.2. The van der Waals surface area contributed by atoms with E-state index in [1.165, 1.54) is 13.3 Å². The molecule has 0 aliphatic carbocycles. The van der Waals surface area contributed by atoms with Gasteiger partial charge in [-0.25, -0.2) is 4.98 Å². The molecule has 1 aliphatic heterocycles. The van der Waals surface area contributed by atoms with Crippen LogP contribution in [0.15, 0.2) is 60.8 Å². The molecule has 1 amide bonds. The lowest BCUT2D eigenvalue weighted by Gasteiger charge is -2.41. The lowest BCUT2D eigenvalue weighted by molar-refractivity contribution is -0.113. The normalized spacial score (nSPS) is 16.0. The van der Waals surface area contributed by atoms with E-state index in [2.05, 4.69) is 32.5 Å². The minimum Gasteiger partial charge on any atom is -0.495 e. The minimum atomic E-state index is -2.57. The van der Waals surface area contributed by atoms with E-state index in [9.17, 15) is 18.5 Å². The van der Waals surface area contributed by atoms with Crippen molar-refractivity contribution in [2.45, 2.75) is 0 Å².